The third kappa shape index (κ3) is 2.31. The number of imidazole rings is 1. The van der Waals surface area contributed by atoms with Gasteiger partial charge in [-0.1, -0.05) is 30.0 Å². The van der Waals surface area contributed by atoms with Crippen LogP contribution in [0.15, 0.2) is 58.4 Å². The molecule has 0 aliphatic carbocycles. The third-order valence-corrected chi connectivity index (χ3v) is 4.47. The standard InChI is InChI=1S/C16H13N3O2S/c20-15(14-6-3-8-21-14)17-12-5-2-1-4-11(12)13-10-19-7-9-22-16(19)18-13/h1-6,8,10H,7,9H2,(H,17,20). The van der Waals surface area contributed by atoms with Gasteiger partial charge in [0, 0.05) is 24.1 Å². The van der Waals surface area contributed by atoms with Crippen LogP contribution in [-0.2, 0) is 6.54 Å². The molecule has 0 spiro atoms. The number of hydrogen-bond donors (Lipinski definition) is 1. The zero-order chi connectivity index (χ0) is 14.9. The molecule has 1 amide bonds. The molecule has 110 valence electrons. The number of furan rings is 1. The van der Waals surface area contributed by atoms with Crippen molar-refractivity contribution in [2.75, 3.05) is 11.1 Å². The van der Waals surface area contributed by atoms with E-state index < -0.39 is 0 Å². The predicted molar refractivity (Wildman–Crippen MR) is 85.0 cm³/mol. The molecular formula is C16H13N3O2S. The van der Waals surface area contributed by atoms with Gasteiger partial charge in [0.25, 0.3) is 5.91 Å². The van der Waals surface area contributed by atoms with Gasteiger partial charge in [0.2, 0.25) is 0 Å². The van der Waals surface area contributed by atoms with Gasteiger partial charge in [-0.2, -0.15) is 0 Å². The number of thioether (sulfide) groups is 1. The molecular weight excluding hydrogens is 298 g/mol. The largest absolute Gasteiger partial charge is 0.459 e. The van der Waals surface area contributed by atoms with Gasteiger partial charge < -0.3 is 14.3 Å². The number of fused-ring (bicyclic) bond motifs is 1. The van der Waals surface area contributed by atoms with Gasteiger partial charge in [0.05, 0.1) is 17.6 Å². The molecule has 0 atom stereocenters. The van der Waals surface area contributed by atoms with Gasteiger partial charge >= 0.3 is 0 Å². The molecule has 4 rings (SSSR count). The lowest BCUT2D eigenvalue weighted by atomic mass is 10.1. The van der Waals surface area contributed by atoms with E-state index in [9.17, 15) is 4.79 Å². The topological polar surface area (TPSA) is 60.1 Å². The summed E-state index contributed by atoms with van der Waals surface area (Å²) in [5.74, 6) is 1.09. The Morgan fingerprint density at radius 3 is 3.00 bits per heavy atom. The Morgan fingerprint density at radius 1 is 1.27 bits per heavy atom. The van der Waals surface area contributed by atoms with Crippen molar-refractivity contribution in [3.05, 3.63) is 54.6 Å². The van der Waals surface area contributed by atoms with Crippen molar-refractivity contribution in [1.29, 1.82) is 0 Å². The summed E-state index contributed by atoms with van der Waals surface area (Å²) in [4.78, 5) is 16.8. The fourth-order valence-corrected chi connectivity index (χ4v) is 3.39. The molecule has 1 aliphatic rings. The van der Waals surface area contributed by atoms with Gasteiger partial charge in [0.15, 0.2) is 10.9 Å². The summed E-state index contributed by atoms with van der Waals surface area (Å²) in [5.41, 5.74) is 2.51. The smallest absolute Gasteiger partial charge is 0.291 e. The highest BCUT2D eigenvalue weighted by Crippen LogP contribution is 2.32. The van der Waals surface area contributed by atoms with E-state index >= 15 is 0 Å². The zero-order valence-electron chi connectivity index (χ0n) is 11.7. The lowest BCUT2D eigenvalue weighted by molar-refractivity contribution is 0.0996. The highest BCUT2D eigenvalue weighted by molar-refractivity contribution is 7.99. The van der Waals surface area contributed by atoms with Crippen molar-refractivity contribution in [3.8, 4) is 11.3 Å². The van der Waals surface area contributed by atoms with Crippen molar-refractivity contribution >= 4 is 23.4 Å². The molecule has 5 nitrogen and oxygen atoms in total. The zero-order valence-corrected chi connectivity index (χ0v) is 12.5. The third-order valence-electron chi connectivity index (χ3n) is 3.50. The molecule has 0 bridgehead atoms. The normalized spacial score (nSPS) is 13.1. The number of hydrogen-bond acceptors (Lipinski definition) is 4. The van der Waals surface area contributed by atoms with Crippen LogP contribution < -0.4 is 5.32 Å². The van der Waals surface area contributed by atoms with Crippen LogP contribution in [0.1, 0.15) is 10.6 Å². The lowest BCUT2D eigenvalue weighted by Crippen LogP contribution is -2.11. The van der Waals surface area contributed by atoms with Crippen LogP contribution in [-0.4, -0.2) is 21.2 Å². The van der Waals surface area contributed by atoms with E-state index in [2.05, 4.69) is 14.9 Å². The Hall–Kier alpha value is -2.47. The molecule has 1 aromatic carbocycles. The van der Waals surface area contributed by atoms with E-state index in [1.807, 2.05) is 30.5 Å². The van der Waals surface area contributed by atoms with Gasteiger partial charge in [-0.25, -0.2) is 4.98 Å². The first-order valence-electron chi connectivity index (χ1n) is 6.95. The number of nitrogens with one attached hydrogen (secondary N) is 1. The Morgan fingerprint density at radius 2 is 2.18 bits per heavy atom. The number of aryl methyl sites for hydroxylation is 1. The molecule has 0 radical (unpaired) electrons. The molecule has 0 unspecified atom stereocenters. The molecule has 2 aromatic heterocycles. The Labute approximate surface area is 131 Å². The maximum absolute atomic E-state index is 12.2. The molecule has 3 aromatic rings. The van der Waals surface area contributed by atoms with Crippen LogP contribution in [0, 0.1) is 0 Å². The fraction of sp³-hybridized carbons (Fsp3) is 0.125. The van der Waals surface area contributed by atoms with Crippen LogP contribution in [0.3, 0.4) is 0 Å². The summed E-state index contributed by atoms with van der Waals surface area (Å²) >= 11 is 1.75. The molecule has 0 saturated heterocycles. The molecule has 0 saturated carbocycles. The van der Waals surface area contributed by atoms with Crippen LogP contribution in [0.25, 0.3) is 11.3 Å². The highest BCUT2D eigenvalue weighted by atomic mass is 32.2. The van der Waals surface area contributed by atoms with Crippen LogP contribution in [0.2, 0.25) is 0 Å². The monoisotopic (exact) mass is 311 g/mol. The van der Waals surface area contributed by atoms with E-state index in [0.717, 1.165) is 34.4 Å². The summed E-state index contributed by atoms with van der Waals surface area (Å²) in [6.45, 7) is 0.980. The first kappa shape index (κ1) is 13.2. The number of carbonyl (C=O) groups is 1. The second kappa shape index (κ2) is 5.38. The van der Waals surface area contributed by atoms with Gasteiger partial charge in [-0.05, 0) is 18.2 Å². The maximum Gasteiger partial charge on any atom is 0.291 e. The van der Waals surface area contributed by atoms with E-state index in [-0.39, 0.29) is 11.7 Å². The minimum atomic E-state index is -0.265. The summed E-state index contributed by atoms with van der Waals surface area (Å²) in [7, 11) is 0. The van der Waals surface area contributed by atoms with Gasteiger partial charge in [-0.15, -0.1) is 0 Å². The first-order chi connectivity index (χ1) is 10.8. The SMILES string of the molecule is O=C(Nc1ccccc1-c1cn2c(n1)SCC2)c1ccco1. The number of rotatable bonds is 3. The van der Waals surface area contributed by atoms with Crippen LogP contribution in [0.4, 0.5) is 5.69 Å². The molecule has 6 heteroatoms. The maximum atomic E-state index is 12.2. The van der Waals surface area contributed by atoms with Gasteiger partial charge in [-0.3, -0.25) is 4.79 Å². The van der Waals surface area contributed by atoms with E-state index in [0.29, 0.717) is 0 Å². The number of amides is 1. The van der Waals surface area contributed by atoms with Crippen molar-refractivity contribution in [1.82, 2.24) is 9.55 Å². The summed E-state index contributed by atoms with van der Waals surface area (Å²) < 4.78 is 7.27. The molecule has 3 heterocycles. The highest BCUT2D eigenvalue weighted by Gasteiger charge is 2.18. The minimum absolute atomic E-state index is 0.265. The first-order valence-corrected chi connectivity index (χ1v) is 7.94. The van der Waals surface area contributed by atoms with Crippen molar-refractivity contribution in [2.45, 2.75) is 11.7 Å². The number of anilines is 1. The molecule has 1 aliphatic heterocycles. The Kier molecular flexibility index (Phi) is 3.23. The van der Waals surface area contributed by atoms with E-state index in [1.165, 1.54) is 6.26 Å². The van der Waals surface area contributed by atoms with E-state index in [4.69, 9.17) is 4.42 Å². The molecule has 22 heavy (non-hydrogen) atoms. The van der Waals surface area contributed by atoms with Crippen molar-refractivity contribution < 1.29 is 9.21 Å². The number of para-hydroxylation sites is 1. The number of benzene rings is 1. The average molecular weight is 311 g/mol. The van der Waals surface area contributed by atoms with Crippen molar-refractivity contribution in [3.63, 3.8) is 0 Å². The summed E-state index contributed by atoms with van der Waals surface area (Å²) in [6, 6.07) is 11.0. The molecule has 1 N–H and O–H groups in total. The van der Waals surface area contributed by atoms with Gasteiger partial charge in [0.1, 0.15) is 0 Å². The second-order valence-corrected chi connectivity index (χ2v) is 5.99. The number of nitrogens with zero attached hydrogens (tertiary/aromatic N) is 2. The van der Waals surface area contributed by atoms with E-state index in [1.54, 1.807) is 23.9 Å². The Balaban J connectivity index is 1.67. The van der Waals surface area contributed by atoms with Crippen molar-refractivity contribution in [2.24, 2.45) is 0 Å². The second-order valence-electron chi connectivity index (χ2n) is 4.93. The fourth-order valence-electron chi connectivity index (χ4n) is 2.45. The lowest BCUT2D eigenvalue weighted by Gasteiger charge is -2.08. The molecule has 0 fully saturated rings. The average Bonchev–Trinajstić information content (AvgIpc) is 3.24. The quantitative estimate of drug-likeness (QED) is 0.804. The minimum Gasteiger partial charge on any atom is -0.459 e. The van der Waals surface area contributed by atoms with Crippen LogP contribution >= 0.6 is 11.8 Å². The number of carbonyl (C=O) groups excluding carboxylic acids is 1. The number of aromatic nitrogens is 2. The van der Waals surface area contributed by atoms with Crippen LogP contribution in [0.5, 0.6) is 0 Å². The summed E-state index contributed by atoms with van der Waals surface area (Å²) in [5, 5.41) is 3.92. The summed E-state index contributed by atoms with van der Waals surface area (Å²) in [6.07, 6.45) is 3.52. The Bertz CT molecular complexity index is 802. The predicted octanol–water partition coefficient (Wildman–Crippen LogP) is 3.50.